The molecule has 0 radical (unpaired) electrons. The summed E-state index contributed by atoms with van der Waals surface area (Å²) in [6.07, 6.45) is 0.975. The highest BCUT2D eigenvalue weighted by molar-refractivity contribution is 6.33. The lowest BCUT2D eigenvalue weighted by atomic mass is 10.0. The Balaban J connectivity index is 1.54. The number of aliphatic imine (C=N–C) groups is 3. The van der Waals surface area contributed by atoms with Crippen LogP contribution in [0.1, 0.15) is 37.0 Å². The molecule has 6 N–H and O–H groups in total. The summed E-state index contributed by atoms with van der Waals surface area (Å²) in [7, 11) is 0. The first kappa shape index (κ1) is 24.6. The van der Waals surface area contributed by atoms with Crippen LogP contribution in [-0.2, 0) is 14.4 Å². The van der Waals surface area contributed by atoms with Crippen LogP contribution in [-0.4, -0.2) is 71.4 Å². The normalized spacial score (nSPS) is 19.9. The van der Waals surface area contributed by atoms with Crippen molar-refractivity contribution in [2.75, 3.05) is 11.9 Å². The van der Waals surface area contributed by atoms with E-state index in [-0.39, 0.29) is 48.5 Å². The Morgan fingerprint density at radius 1 is 1.18 bits per heavy atom. The number of nitrogens with two attached hydrogens (primary N) is 1. The number of hydrogen-bond donors (Lipinski definition) is 5. The number of fused-ring (bicyclic) bond motifs is 1. The molecule has 180 valence electrons. The summed E-state index contributed by atoms with van der Waals surface area (Å²) in [6.45, 7) is 3.78. The zero-order valence-corrected chi connectivity index (χ0v) is 18.8. The van der Waals surface area contributed by atoms with Crippen LogP contribution in [0.4, 0.5) is 5.69 Å². The van der Waals surface area contributed by atoms with Crippen molar-refractivity contribution >= 4 is 47.1 Å². The number of nitrogens with zero attached hydrogens (tertiary/aromatic N) is 3. The lowest BCUT2D eigenvalue weighted by Crippen LogP contribution is -2.52. The third-order valence-corrected chi connectivity index (χ3v) is 5.30. The van der Waals surface area contributed by atoms with E-state index in [1.165, 1.54) is 6.21 Å². The van der Waals surface area contributed by atoms with Crippen molar-refractivity contribution in [1.82, 2.24) is 10.6 Å². The van der Waals surface area contributed by atoms with Crippen molar-refractivity contribution in [2.24, 2.45) is 26.6 Å². The Morgan fingerprint density at radius 3 is 2.53 bits per heavy atom. The summed E-state index contributed by atoms with van der Waals surface area (Å²) in [5, 5.41) is 17.4. The summed E-state index contributed by atoms with van der Waals surface area (Å²) in [5.74, 6) is -2.34. The van der Waals surface area contributed by atoms with E-state index in [0.717, 1.165) is 0 Å². The number of guanidine groups is 1. The summed E-state index contributed by atoms with van der Waals surface area (Å²) >= 11 is 0. The van der Waals surface area contributed by atoms with Crippen molar-refractivity contribution < 1.29 is 24.3 Å². The van der Waals surface area contributed by atoms with Gasteiger partial charge >= 0.3 is 5.97 Å². The molecule has 0 fully saturated rings. The lowest BCUT2D eigenvalue weighted by molar-refractivity contribution is -0.139. The van der Waals surface area contributed by atoms with Gasteiger partial charge in [0.1, 0.15) is 11.8 Å². The van der Waals surface area contributed by atoms with Gasteiger partial charge < -0.3 is 21.5 Å². The Bertz CT molecular complexity index is 1060. The number of hydrogen-bond acceptors (Lipinski definition) is 9. The summed E-state index contributed by atoms with van der Waals surface area (Å²) in [5.41, 5.74) is 7.04. The van der Waals surface area contributed by atoms with Crippen LogP contribution in [0.25, 0.3) is 0 Å². The Kier molecular flexibility index (Phi) is 7.71. The number of carboxylic acids is 1. The Morgan fingerprint density at radius 2 is 1.88 bits per heavy atom. The molecular weight excluding hydrogens is 442 g/mol. The second-order valence-corrected chi connectivity index (χ2v) is 8.22. The highest BCUT2D eigenvalue weighted by Crippen LogP contribution is 2.15. The number of Topliss-reactive ketones (excluding diaryl/α,β-unsaturated/α-hetero) is 1. The molecule has 1 aromatic rings. The fourth-order valence-corrected chi connectivity index (χ4v) is 3.29. The molecule has 34 heavy (non-hydrogen) atoms. The number of aliphatic carboxylic acids is 1. The molecule has 0 saturated heterocycles. The van der Waals surface area contributed by atoms with Gasteiger partial charge in [0.25, 0.3) is 11.8 Å². The molecule has 0 aromatic heterocycles. The highest BCUT2D eigenvalue weighted by Gasteiger charge is 2.34. The zero-order chi connectivity index (χ0) is 24.8. The molecule has 3 atom stereocenters. The first-order valence-electron chi connectivity index (χ1n) is 10.8. The maximum absolute atomic E-state index is 12.5. The predicted octanol–water partition coefficient (Wildman–Crippen LogP) is -0.0486. The van der Waals surface area contributed by atoms with Crippen LogP contribution >= 0.6 is 0 Å². The third kappa shape index (κ3) is 6.24. The van der Waals surface area contributed by atoms with Gasteiger partial charge in [-0.1, -0.05) is 13.8 Å². The van der Waals surface area contributed by atoms with Gasteiger partial charge in [0, 0.05) is 29.8 Å². The molecule has 0 saturated carbocycles. The number of anilines is 1. The van der Waals surface area contributed by atoms with Crippen LogP contribution < -0.4 is 21.7 Å². The fourth-order valence-electron chi connectivity index (χ4n) is 3.29. The van der Waals surface area contributed by atoms with Crippen LogP contribution in [0.3, 0.4) is 0 Å². The predicted molar refractivity (Wildman–Crippen MR) is 126 cm³/mol. The molecule has 0 aliphatic carbocycles. The smallest absolute Gasteiger partial charge is 0.326 e. The molecule has 2 amide bonds. The molecule has 3 unspecified atom stereocenters. The molecule has 0 spiro atoms. The van der Waals surface area contributed by atoms with E-state index in [9.17, 15) is 24.3 Å². The number of carbonyl (C=O) groups excluding carboxylic acids is 3. The van der Waals surface area contributed by atoms with Crippen LogP contribution in [0.15, 0.2) is 39.2 Å². The summed E-state index contributed by atoms with van der Waals surface area (Å²) in [4.78, 5) is 60.3. The van der Waals surface area contributed by atoms with Crippen molar-refractivity contribution in [3.63, 3.8) is 0 Å². The van der Waals surface area contributed by atoms with Crippen molar-refractivity contribution in [2.45, 2.75) is 44.9 Å². The molecule has 2 aliphatic rings. The van der Waals surface area contributed by atoms with E-state index in [1.807, 2.05) is 0 Å². The highest BCUT2D eigenvalue weighted by atomic mass is 16.4. The number of carboxylic acid groups (broad SMARTS) is 1. The van der Waals surface area contributed by atoms with Gasteiger partial charge in [0.05, 0.1) is 12.3 Å². The third-order valence-electron chi connectivity index (χ3n) is 5.30. The molecule has 3 rings (SSSR count). The van der Waals surface area contributed by atoms with Crippen LogP contribution in [0.5, 0.6) is 0 Å². The SMILES string of the molecule is CC(C)C(=O)CCC(NC(=O)c1ccc(NCC2=NC3C(=O)NC(N)=NC3N=C2)cc1)C(=O)O. The summed E-state index contributed by atoms with van der Waals surface area (Å²) in [6, 6.07) is 4.50. The first-order valence-corrected chi connectivity index (χ1v) is 10.8. The average Bonchev–Trinajstić information content (AvgIpc) is 2.80. The molecule has 12 nitrogen and oxygen atoms in total. The first-order chi connectivity index (χ1) is 16.1. The quantitative estimate of drug-likeness (QED) is 0.317. The van der Waals surface area contributed by atoms with Crippen LogP contribution in [0, 0.1) is 5.92 Å². The largest absolute Gasteiger partial charge is 0.480 e. The number of nitrogens with one attached hydrogen (secondary N) is 3. The van der Waals surface area contributed by atoms with Gasteiger partial charge in [0.2, 0.25) is 0 Å². The van der Waals surface area contributed by atoms with E-state index in [4.69, 9.17) is 5.73 Å². The molecule has 2 heterocycles. The van der Waals surface area contributed by atoms with Crippen molar-refractivity contribution in [1.29, 1.82) is 0 Å². The standard InChI is InChI=1S/C22H27N7O5/c1-11(2)16(30)8-7-15(21(33)34)27-19(31)12-3-5-13(6-4-12)24-9-14-10-25-18-17(26-14)20(32)29-22(23)28-18/h3-6,10-11,15,17-18,24H,7-9H2,1-2H3,(H,27,31)(H,33,34)(H3,23,28,29,32). The number of rotatable bonds is 10. The van der Waals surface area contributed by atoms with Crippen molar-refractivity contribution in [3.05, 3.63) is 29.8 Å². The lowest BCUT2D eigenvalue weighted by Gasteiger charge is -2.25. The topological polar surface area (TPSA) is 188 Å². The van der Waals surface area contributed by atoms with Gasteiger partial charge in [0.15, 0.2) is 18.2 Å². The molecule has 2 aliphatic heterocycles. The molecule has 12 heteroatoms. The monoisotopic (exact) mass is 469 g/mol. The van der Waals surface area contributed by atoms with E-state index < -0.39 is 30.1 Å². The second kappa shape index (κ2) is 10.7. The summed E-state index contributed by atoms with van der Waals surface area (Å²) < 4.78 is 0. The van der Waals surface area contributed by atoms with Gasteiger partial charge in [-0.3, -0.25) is 29.7 Å². The van der Waals surface area contributed by atoms with E-state index in [1.54, 1.807) is 38.1 Å². The minimum absolute atomic E-state index is 0.0167. The van der Waals surface area contributed by atoms with Crippen molar-refractivity contribution in [3.8, 4) is 0 Å². The second-order valence-electron chi connectivity index (χ2n) is 8.22. The average molecular weight is 470 g/mol. The number of benzene rings is 1. The number of amides is 2. The zero-order valence-electron chi connectivity index (χ0n) is 18.8. The van der Waals surface area contributed by atoms with E-state index in [2.05, 4.69) is 30.9 Å². The van der Waals surface area contributed by atoms with E-state index in [0.29, 0.717) is 11.4 Å². The van der Waals surface area contributed by atoms with Gasteiger partial charge in [-0.2, -0.15) is 0 Å². The number of ketones is 1. The molecule has 0 bridgehead atoms. The Hall–Kier alpha value is -4.09. The van der Waals surface area contributed by atoms with Gasteiger partial charge in [-0.05, 0) is 30.7 Å². The van der Waals surface area contributed by atoms with Crippen LogP contribution in [0.2, 0.25) is 0 Å². The van der Waals surface area contributed by atoms with Gasteiger partial charge in [-0.15, -0.1) is 0 Å². The van der Waals surface area contributed by atoms with Gasteiger partial charge in [-0.25, -0.2) is 9.79 Å². The molecular formula is C22H27N7O5. The Labute approximate surface area is 195 Å². The maximum Gasteiger partial charge on any atom is 0.326 e. The minimum atomic E-state index is -1.19. The maximum atomic E-state index is 12.5. The molecule has 1 aromatic carbocycles. The van der Waals surface area contributed by atoms with E-state index >= 15 is 0 Å². The number of carbonyl (C=O) groups is 4. The fraction of sp³-hybridized carbons (Fsp3) is 0.409. The minimum Gasteiger partial charge on any atom is -0.480 e.